The molecule has 1 atom stereocenters. The lowest BCUT2D eigenvalue weighted by atomic mass is 9.91. The van der Waals surface area contributed by atoms with E-state index in [4.69, 9.17) is 26.9 Å². The van der Waals surface area contributed by atoms with Crippen molar-refractivity contribution in [2.75, 3.05) is 0 Å². The minimum Gasteiger partial charge on any atom is -0.370 e. The van der Waals surface area contributed by atoms with Crippen molar-refractivity contribution in [1.82, 2.24) is 14.9 Å². The summed E-state index contributed by atoms with van der Waals surface area (Å²) in [5.74, 6) is 6.39. The van der Waals surface area contributed by atoms with Crippen LogP contribution in [0.1, 0.15) is 46.2 Å². The molecule has 0 spiro atoms. The molecule has 0 fully saturated rings. The Kier molecular flexibility index (Phi) is 5.52. The lowest BCUT2D eigenvalue weighted by Crippen LogP contribution is -2.15. The highest BCUT2D eigenvalue weighted by molar-refractivity contribution is 6.30. The highest BCUT2D eigenvalue weighted by Gasteiger charge is 2.31. The van der Waals surface area contributed by atoms with Gasteiger partial charge in [0.25, 0.3) is 0 Å². The van der Waals surface area contributed by atoms with Crippen LogP contribution >= 0.6 is 11.6 Å². The number of hydrogen-bond donors (Lipinski definition) is 1. The van der Waals surface area contributed by atoms with Crippen LogP contribution in [0.25, 0.3) is 11.1 Å². The Labute approximate surface area is 201 Å². The number of amides is 1. The Balaban J connectivity index is 1.71. The molecular weight excluding hydrogens is 450 g/mol. The number of hydrogen-bond acceptors (Lipinski definition) is 5. The molecule has 4 aromatic rings. The summed E-state index contributed by atoms with van der Waals surface area (Å²) in [4.78, 5) is 16.8. The molecular formula is C26H20ClN5O2. The topological polar surface area (TPSA) is 99.3 Å². The molecule has 1 amide bonds. The predicted molar refractivity (Wildman–Crippen MR) is 130 cm³/mol. The van der Waals surface area contributed by atoms with Crippen LogP contribution < -0.4 is 5.73 Å². The van der Waals surface area contributed by atoms with Gasteiger partial charge in [0.15, 0.2) is 5.76 Å². The Morgan fingerprint density at radius 2 is 1.91 bits per heavy atom. The van der Waals surface area contributed by atoms with Crippen LogP contribution in [0.15, 0.2) is 64.4 Å². The largest absolute Gasteiger partial charge is 0.370 e. The molecule has 34 heavy (non-hydrogen) atoms. The average Bonchev–Trinajstić information content (AvgIpc) is 3.37. The van der Waals surface area contributed by atoms with E-state index < -0.39 is 11.9 Å². The second-order valence-electron chi connectivity index (χ2n) is 8.09. The fourth-order valence-corrected chi connectivity index (χ4v) is 4.18. The molecule has 168 valence electrons. The SMILES string of the molecule is Cc1noc2c1-c1cc(C#Cc3cnn(C)c3)ccc1C(c1ccc(Cl)cc1)=N[C@H]2CC(N)=O. The van der Waals surface area contributed by atoms with E-state index >= 15 is 0 Å². The molecule has 3 heterocycles. The summed E-state index contributed by atoms with van der Waals surface area (Å²) in [6.45, 7) is 1.87. The summed E-state index contributed by atoms with van der Waals surface area (Å²) in [5, 5.41) is 8.95. The maximum Gasteiger partial charge on any atom is 0.220 e. The summed E-state index contributed by atoms with van der Waals surface area (Å²) < 4.78 is 7.39. The van der Waals surface area contributed by atoms with Crippen LogP contribution in [0.2, 0.25) is 5.02 Å². The van der Waals surface area contributed by atoms with E-state index in [1.165, 1.54) is 0 Å². The van der Waals surface area contributed by atoms with Crippen LogP contribution in [0.3, 0.4) is 0 Å². The van der Waals surface area contributed by atoms with Crippen molar-refractivity contribution in [3.8, 4) is 23.0 Å². The van der Waals surface area contributed by atoms with Crippen LogP contribution in [-0.2, 0) is 11.8 Å². The number of carbonyl (C=O) groups excluding carboxylic acids is 1. The van der Waals surface area contributed by atoms with Gasteiger partial charge in [0.2, 0.25) is 5.91 Å². The normalized spacial score (nSPS) is 14.3. The van der Waals surface area contributed by atoms with Gasteiger partial charge in [0.05, 0.1) is 35.2 Å². The van der Waals surface area contributed by atoms with Gasteiger partial charge in [-0.2, -0.15) is 5.10 Å². The lowest BCUT2D eigenvalue weighted by molar-refractivity contribution is -0.118. The maximum atomic E-state index is 11.9. The first-order valence-electron chi connectivity index (χ1n) is 10.6. The molecule has 1 aliphatic rings. The zero-order valence-corrected chi connectivity index (χ0v) is 19.3. The zero-order valence-electron chi connectivity index (χ0n) is 18.5. The van der Waals surface area contributed by atoms with Crippen LogP contribution in [-0.4, -0.2) is 26.6 Å². The average molecular weight is 470 g/mol. The molecule has 8 heteroatoms. The summed E-state index contributed by atoms with van der Waals surface area (Å²) in [6.07, 6.45) is 3.58. The Morgan fingerprint density at radius 1 is 1.15 bits per heavy atom. The Bertz CT molecular complexity index is 1500. The number of aromatic nitrogens is 3. The number of aryl methyl sites for hydroxylation is 2. The predicted octanol–water partition coefficient (Wildman–Crippen LogP) is 4.20. The van der Waals surface area contributed by atoms with Gasteiger partial charge in [-0.15, -0.1) is 0 Å². The van der Waals surface area contributed by atoms with Crippen LogP contribution in [0.4, 0.5) is 0 Å². The van der Waals surface area contributed by atoms with E-state index in [0.29, 0.717) is 16.5 Å². The highest BCUT2D eigenvalue weighted by atomic mass is 35.5. The van der Waals surface area contributed by atoms with Gasteiger partial charge in [0.1, 0.15) is 6.04 Å². The molecule has 0 aliphatic carbocycles. The summed E-state index contributed by atoms with van der Waals surface area (Å²) in [6, 6.07) is 12.8. The smallest absolute Gasteiger partial charge is 0.220 e. The number of carbonyl (C=O) groups is 1. The number of fused-ring (bicyclic) bond motifs is 3. The van der Waals surface area contributed by atoms with E-state index in [0.717, 1.165) is 39.1 Å². The minimum atomic E-state index is -0.600. The van der Waals surface area contributed by atoms with Crippen molar-refractivity contribution in [3.05, 3.63) is 93.6 Å². The maximum absolute atomic E-state index is 11.9. The van der Waals surface area contributed by atoms with E-state index in [1.54, 1.807) is 10.9 Å². The van der Waals surface area contributed by atoms with Crippen LogP contribution in [0.5, 0.6) is 0 Å². The zero-order chi connectivity index (χ0) is 23.8. The number of primary amides is 1. The molecule has 1 aliphatic heterocycles. The monoisotopic (exact) mass is 469 g/mol. The number of aliphatic imine (C=N–C) groups is 1. The summed E-state index contributed by atoms with van der Waals surface area (Å²) in [5.41, 5.74) is 12.1. The molecule has 0 saturated carbocycles. The number of nitrogens with two attached hydrogens (primary N) is 1. The Morgan fingerprint density at radius 3 is 2.62 bits per heavy atom. The first-order chi connectivity index (χ1) is 16.4. The minimum absolute atomic E-state index is 0.000378. The van der Waals surface area contributed by atoms with E-state index in [-0.39, 0.29) is 6.42 Å². The number of benzene rings is 2. The first-order valence-corrected chi connectivity index (χ1v) is 11.0. The molecule has 5 rings (SSSR count). The summed E-state index contributed by atoms with van der Waals surface area (Å²) in [7, 11) is 1.85. The Hall–Kier alpha value is -4.15. The fourth-order valence-electron chi connectivity index (χ4n) is 4.06. The lowest BCUT2D eigenvalue weighted by Gasteiger charge is -2.12. The van der Waals surface area contributed by atoms with E-state index in [1.807, 2.05) is 62.6 Å². The van der Waals surface area contributed by atoms with Crippen molar-refractivity contribution in [1.29, 1.82) is 0 Å². The van der Waals surface area contributed by atoms with Gasteiger partial charge in [-0.1, -0.05) is 46.8 Å². The third-order valence-corrected chi connectivity index (χ3v) is 5.84. The molecule has 0 unspecified atom stereocenters. The molecule has 0 bridgehead atoms. The van der Waals surface area contributed by atoms with Gasteiger partial charge < -0.3 is 10.3 Å². The van der Waals surface area contributed by atoms with E-state index in [9.17, 15) is 4.79 Å². The third kappa shape index (κ3) is 4.12. The number of rotatable bonds is 3. The fraction of sp³-hybridized carbons (Fsp3) is 0.154. The molecule has 0 saturated heterocycles. The molecule has 2 aromatic carbocycles. The molecule has 7 nitrogen and oxygen atoms in total. The van der Waals surface area contributed by atoms with Crippen molar-refractivity contribution in [2.24, 2.45) is 17.8 Å². The van der Waals surface area contributed by atoms with Crippen molar-refractivity contribution < 1.29 is 9.32 Å². The standard InChI is InChI=1S/C26H20ClN5O2/c1-15-24-21-11-16(3-4-17-13-29-32(2)14-17)5-10-20(21)25(18-6-8-19(27)9-7-18)30-22(12-23(28)33)26(24)34-31-15/h5-11,13-14,22H,12H2,1-2H3,(H2,28,33)/t22-/m0/s1. The second-order valence-corrected chi connectivity index (χ2v) is 8.53. The third-order valence-electron chi connectivity index (χ3n) is 5.59. The quantitative estimate of drug-likeness (QED) is 0.454. The number of halogens is 1. The highest BCUT2D eigenvalue weighted by Crippen LogP contribution is 2.41. The van der Waals surface area contributed by atoms with Gasteiger partial charge in [0, 0.05) is 35.0 Å². The van der Waals surface area contributed by atoms with Gasteiger partial charge in [-0.3, -0.25) is 14.5 Å². The summed E-state index contributed by atoms with van der Waals surface area (Å²) >= 11 is 6.12. The van der Waals surface area contributed by atoms with Crippen molar-refractivity contribution in [3.63, 3.8) is 0 Å². The first kappa shape index (κ1) is 21.7. The molecule has 0 radical (unpaired) electrons. The van der Waals surface area contributed by atoms with E-state index in [2.05, 4.69) is 22.1 Å². The number of nitrogens with zero attached hydrogens (tertiary/aromatic N) is 4. The molecule has 2 aromatic heterocycles. The molecule has 2 N–H and O–H groups in total. The van der Waals surface area contributed by atoms with Crippen LogP contribution in [0, 0.1) is 18.8 Å². The van der Waals surface area contributed by atoms with Gasteiger partial charge >= 0.3 is 0 Å². The van der Waals surface area contributed by atoms with Crippen molar-refractivity contribution >= 4 is 23.2 Å². The van der Waals surface area contributed by atoms with Gasteiger partial charge in [-0.25, -0.2) is 0 Å². The second kappa shape index (κ2) is 8.65. The van der Waals surface area contributed by atoms with Gasteiger partial charge in [-0.05, 0) is 36.8 Å². The van der Waals surface area contributed by atoms with Crippen molar-refractivity contribution in [2.45, 2.75) is 19.4 Å².